The minimum absolute atomic E-state index is 0.105. The molecule has 29 heavy (non-hydrogen) atoms. The Morgan fingerprint density at radius 2 is 1.83 bits per heavy atom. The lowest BCUT2D eigenvalue weighted by molar-refractivity contribution is -0.0493. The molecule has 1 amide bonds. The summed E-state index contributed by atoms with van der Waals surface area (Å²) in [6, 6.07) is 14.2. The van der Waals surface area contributed by atoms with Crippen LogP contribution in [-0.2, 0) is 9.47 Å². The number of anilines is 1. The zero-order chi connectivity index (χ0) is 21.1. The van der Waals surface area contributed by atoms with Crippen LogP contribution in [0, 0.1) is 0 Å². The number of aliphatic hydroxyl groups is 2. The van der Waals surface area contributed by atoms with Crippen LogP contribution >= 0.6 is 15.9 Å². The molecule has 0 aromatic heterocycles. The van der Waals surface area contributed by atoms with Gasteiger partial charge in [-0.2, -0.15) is 0 Å². The molecule has 158 valence electrons. The average molecular weight is 468 g/mol. The van der Waals surface area contributed by atoms with Crippen molar-refractivity contribution < 1.29 is 29.2 Å². The van der Waals surface area contributed by atoms with Gasteiger partial charge in [0.05, 0.1) is 6.61 Å². The third-order valence-electron chi connectivity index (χ3n) is 4.03. The second kappa shape index (κ2) is 12.4. The number of para-hydroxylation sites is 1. The van der Waals surface area contributed by atoms with Crippen molar-refractivity contribution in [1.29, 1.82) is 0 Å². The monoisotopic (exact) mass is 467 g/mol. The lowest BCUT2D eigenvalue weighted by atomic mass is 10.0. The summed E-state index contributed by atoms with van der Waals surface area (Å²) in [6.07, 6.45) is -1.76. The molecular formula is C21H26BrNO6. The van der Waals surface area contributed by atoms with Gasteiger partial charge in [-0.25, -0.2) is 4.79 Å². The van der Waals surface area contributed by atoms with E-state index >= 15 is 0 Å². The first kappa shape index (κ1) is 23.2. The predicted molar refractivity (Wildman–Crippen MR) is 113 cm³/mol. The fourth-order valence-corrected chi connectivity index (χ4v) is 3.07. The van der Waals surface area contributed by atoms with Crippen molar-refractivity contribution in [1.82, 2.24) is 0 Å². The van der Waals surface area contributed by atoms with Gasteiger partial charge < -0.3 is 24.4 Å². The Morgan fingerprint density at radius 3 is 2.48 bits per heavy atom. The Kier molecular flexibility index (Phi) is 9.93. The lowest BCUT2D eigenvalue weighted by Gasteiger charge is -2.28. The molecule has 0 aliphatic heterocycles. The van der Waals surface area contributed by atoms with Crippen LogP contribution in [-0.4, -0.2) is 48.8 Å². The number of halogens is 1. The second-order valence-electron chi connectivity index (χ2n) is 6.07. The number of amides is 1. The molecule has 3 N–H and O–H groups in total. The van der Waals surface area contributed by atoms with E-state index in [4.69, 9.17) is 19.3 Å². The average Bonchev–Trinajstić information content (AvgIpc) is 2.72. The predicted octanol–water partition coefficient (Wildman–Crippen LogP) is 3.90. The molecule has 0 saturated heterocycles. The fourth-order valence-electron chi connectivity index (χ4n) is 2.80. The molecule has 0 heterocycles. The van der Waals surface area contributed by atoms with E-state index in [1.807, 2.05) is 6.92 Å². The summed E-state index contributed by atoms with van der Waals surface area (Å²) in [5, 5.41) is 21.2. The number of ether oxygens (including phenoxy) is 3. The standard InChI is InChI=1S/C21H26BrNO6/c1-2-27-19(11-12-24)20(17-5-3-4-6-18(17)28-14-13-25)29-21(26)23-16-9-7-15(22)8-10-16/h3-10,19-20,24-25H,2,11-14H2,1H3,(H,23,26)/t19-,20-/m0/s1. The van der Waals surface area contributed by atoms with Gasteiger partial charge in [0.2, 0.25) is 0 Å². The van der Waals surface area contributed by atoms with Crippen LogP contribution in [0.25, 0.3) is 0 Å². The molecule has 0 bridgehead atoms. The third kappa shape index (κ3) is 7.32. The van der Waals surface area contributed by atoms with E-state index in [1.54, 1.807) is 48.5 Å². The first-order valence-corrected chi connectivity index (χ1v) is 10.2. The summed E-state index contributed by atoms with van der Waals surface area (Å²) in [7, 11) is 0. The molecule has 2 aromatic carbocycles. The number of nitrogens with one attached hydrogen (secondary N) is 1. The van der Waals surface area contributed by atoms with Crippen molar-refractivity contribution in [3.63, 3.8) is 0 Å². The molecule has 0 fully saturated rings. The van der Waals surface area contributed by atoms with Gasteiger partial charge in [-0.15, -0.1) is 0 Å². The Balaban J connectivity index is 2.27. The summed E-state index contributed by atoms with van der Waals surface area (Å²) in [5.74, 6) is 0.477. The van der Waals surface area contributed by atoms with Crippen LogP contribution < -0.4 is 10.1 Å². The number of rotatable bonds is 11. The van der Waals surface area contributed by atoms with E-state index in [0.29, 0.717) is 23.6 Å². The minimum atomic E-state index is -0.813. The number of hydrogen-bond acceptors (Lipinski definition) is 6. The zero-order valence-corrected chi connectivity index (χ0v) is 17.8. The second-order valence-corrected chi connectivity index (χ2v) is 6.99. The van der Waals surface area contributed by atoms with Gasteiger partial charge in [0.1, 0.15) is 18.5 Å². The fraction of sp³-hybridized carbons (Fsp3) is 0.381. The van der Waals surface area contributed by atoms with E-state index in [1.165, 1.54) is 0 Å². The topological polar surface area (TPSA) is 97.2 Å². The molecule has 8 heteroatoms. The summed E-state index contributed by atoms with van der Waals surface area (Å²) >= 11 is 3.35. The van der Waals surface area contributed by atoms with E-state index < -0.39 is 18.3 Å². The Hall–Kier alpha value is -2.13. The Bertz CT molecular complexity index is 749. The van der Waals surface area contributed by atoms with Crippen molar-refractivity contribution in [3.05, 3.63) is 58.6 Å². The van der Waals surface area contributed by atoms with Crippen LogP contribution in [0.15, 0.2) is 53.0 Å². The molecule has 7 nitrogen and oxygen atoms in total. The number of carbonyl (C=O) groups is 1. The molecule has 0 spiro atoms. The van der Waals surface area contributed by atoms with Gasteiger partial charge in [-0.3, -0.25) is 5.32 Å². The highest BCUT2D eigenvalue weighted by molar-refractivity contribution is 9.10. The number of benzene rings is 2. The van der Waals surface area contributed by atoms with Gasteiger partial charge in [-0.05, 0) is 37.3 Å². The highest BCUT2D eigenvalue weighted by atomic mass is 79.9. The van der Waals surface area contributed by atoms with Gasteiger partial charge >= 0.3 is 6.09 Å². The van der Waals surface area contributed by atoms with Crippen molar-refractivity contribution in [3.8, 4) is 5.75 Å². The maximum Gasteiger partial charge on any atom is 0.412 e. The maximum atomic E-state index is 12.6. The first-order chi connectivity index (χ1) is 14.1. The molecule has 0 aliphatic carbocycles. The number of carbonyl (C=O) groups excluding carboxylic acids is 1. The Labute approximate surface area is 178 Å². The van der Waals surface area contributed by atoms with Crippen LogP contribution in [0.4, 0.5) is 10.5 Å². The molecule has 0 saturated carbocycles. The normalized spacial score (nSPS) is 12.8. The quantitative estimate of drug-likeness (QED) is 0.463. The SMILES string of the molecule is CCO[C@@H](CCO)[C@@H](OC(=O)Nc1ccc(Br)cc1)c1ccccc1OCCO. The van der Waals surface area contributed by atoms with Gasteiger partial charge in [0.15, 0.2) is 6.10 Å². The van der Waals surface area contributed by atoms with E-state index in [-0.39, 0.29) is 26.2 Å². The molecule has 2 aromatic rings. The minimum Gasteiger partial charge on any atom is -0.491 e. The summed E-state index contributed by atoms with van der Waals surface area (Å²) in [6.45, 7) is 2.05. The van der Waals surface area contributed by atoms with Crippen molar-refractivity contribution in [2.75, 3.05) is 31.7 Å². The molecular weight excluding hydrogens is 442 g/mol. The van der Waals surface area contributed by atoms with Gasteiger partial charge in [0, 0.05) is 35.4 Å². The van der Waals surface area contributed by atoms with E-state index in [9.17, 15) is 9.90 Å². The molecule has 0 radical (unpaired) electrons. The summed E-state index contributed by atoms with van der Waals surface area (Å²) < 4.78 is 18.0. The highest BCUT2D eigenvalue weighted by Gasteiger charge is 2.30. The van der Waals surface area contributed by atoms with Crippen LogP contribution in [0.5, 0.6) is 5.75 Å². The van der Waals surface area contributed by atoms with Crippen LogP contribution in [0.1, 0.15) is 25.0 Å². The molecule has 2 rings (SSSR count). The largest absolute Gasteiger partial charge is 0.491 e. The first-order valence-electron chi connectivity index (χ1n) is 9.37. The van der Waals surface area contributed by atoms with Crippen molar-refractivity contribution in [2.45, 2.75) is 25.6 Å². The molecule has 0 aliphatic rings. The number of hydrogen-bond donors (Lipinski definition) is 3. The van der Waals surface area contributed by atoms with Crippen LogP contribution in [0.2, 0.25) is 0 Å². The molecule has 2 atom stereocenters. The molecule has 0 unspecified atom stereocenters. The third-order valence-corrected chi connectivity index (χ3v) is 4.56. The summed E-state index contributed by atoms with van der Waals surface area (Å²) in [5.41, 5.74) is 1.18. The summed E-state index contributed by atoms with van der Waals surface area (Å²) in [4.78, 5) is 12.6. The lowest BCUT2D eigenvalue weighted by Crippen LogP contribution is -2.30. The smallest absolute Gasteiger partial charge is 0.412 e. The zero-order valence-electron chi connectivity index (χ0n) is 16.2. The van der Waals surface area contributed by atoms with Crippen LogP contribution in [0.3, 0.4) is 0 Å². The van der Waals surface area contributed by atoms with Gasteiger partial charge in [0.25, 0.3) is 0 Å². The number of aliphatic hydroxyl groups excluding tert-OH is 2. The van der Waals surface area contributed by atoms with Crippen molar-refractivity contribution >= 4 is 27.7 Å². The highest BCUT2D eigenvalue weighted by Crippen LogP contribution is 2.33. The maximum absolute atomic E-state index is 12.6. The van der Waals surface area contributed by atoms with E-state index in [2.05, 4.69) is 21.2 Å². The van der Waals surface area contributed by atoms with Crippen molar-refractivity contribution in [2.24, 2.45) is 0 Å². The van der Waals surface area contributed by atoms with Gasteiger partial charge in [-0.1, -0.05) is 34.1 Å². The van der Waals surface area contributed by atoms with E-state index in [0.717, 1.165) is 4.47 Å². The Morgan fingerprint density at radius 1 is 1.10 bits per heavy atom.